The summed E-state index contributed by atoms with van der Waals surface area (Å²) in [6, 6.07) is 6.84. The number of hydrogen-bond donors (Lipinski definition) is 0. The van der Waals surface area contributed by atoms with Crippen molar-refractivity contribution in [2.45, 2.75) is 94.0 Å². The average molecular weight is 556 g/mol. The van der Waals surface area contributed by atoms with Crippen LogP contribution in [0.3, 0.4) is 0 Å². The molecule has 8 heteroatoms. The fourth-order valence-electron chi connectivity index (χ4n) is 10.5. The van der Waals surface area contributed by atoms with Gasteiger partial charge in [0.15, 0.2) is 11.5 Å². The zero-order valence-electron chi connectivity index (χ0n) is 24.1. The van der Waals surface area contributed by atoms with E-state index in [0.29, 0.717) is 18.5 Å². The van der Waals surface area contributed by atoms with E-state index in [1.807, 2.05) is 6.07 Å². The van der Waals surface area contributed by atoms with Crippen molar-refractivity contribution < 1.29 is 14.3 Å². The van der Waals surface area contributed by atoms with Crippen LogP contribution in [0.5, 0.6) is 11.5 Å². The van der Waals surface area contributed by atoms with E-state index in [0.717, 1.165) is 81.4 Å². The molecule has 10 rings (SSSR count). The summed E-state index contributed by atoms with van der Waals surface area (Å²) in [5, 5.41) is 0. The number of aromatic nitrogens is 2. The number of ether oxygens (including phenoxy) is 2. The van der Waals surface area contributed by atoms with Gasteiger partial charge in [0.25, 0.3) is 0 Å². The fourth-order valence-corrected chi connectivity index (χ4v) is 10.5. The van der Waals surface area contributed by atoms with Gasteiger partial charge in [-0.25, -0.2) is 9.97 Å². The van der Waals surface area contributed by atoms with Gasteiger partial charge in [0.1, 0.15) is 11.9 Å². The first kappa shape index (κ1) is 24.8. The van der Waals surface area contributed by atoms with Gasteiger partial charge in [0.05, 0.1) is 25.7 Å². The van der Waals surface area contributed by atoms with E-state index in [1.165, 1.54) is 36.9 Å². The van der Waals surface area contributed by atoms with Crippen LogP contribution in [0.25, 0.3) is 0 Å². The Morgan fingerprint density at radius 1 is 1.05 bits per heavy atom. The molecule has 6 atom stereocenters. The quantitative estimate of drug-likeness (QED) is 0.540. The van der Waals surface area contributed by atoms with Crippen molar-refractivity contribution in [3.8, 4) is 11.5 Å². The first-order valence-corrected chi connectivity index (χ1v) is 16.0. The highest BCUT2D eigenvalue weighted by Gasteiger charge is 2.74. The number of carbonyl (C=O) groups excluding carboxylic acids is 1. The second-order valence-electron chi connectivity index (χ2n) is 13.9. The van der Waals surface area contributed by atoms with Crippen LogP contribution in [0.4, 0.5) is 0 Å². The summed E-state index contributed by atoms with van der Waals surface area (Å²) >= 11 is 0. The maximum Gasteiger partial charge on any atom is 0.240 e. The van der Waals surface area contributed by atoms with Gasteiger partial charge in [-0.05, 0) is 94.5 Å². The van der Waals surface area contributed by atoms with E-state index in [9.17, 15) is 4.79 Å². The Labute approximate surface area is 242 Å². The molecule has 2 saturated carbocycles. The number of rotatable bonds is 6. The van der Waals surface area contributed by atoms with Crippen molar-refractivity contribution in [3.63, 3.8) is 0 Å². The molecule has 4 saturated heterocycles. The number of fused-ring (bicyclic) bond motifs is 3. The number of nitrogens with zero attached hydrogens (tertiary/aromatic N) is 5. The van der Waals surface area contributed by atoms with Crippen LogP contribution in [0.15, 0.2) is 30.6 Å². The van der Waals surface area contributed by atoms with E-state index >= 15 is 0 Å². The Morgan fingerprint density at radius 3 is 2.76 bits per heavy atom. The number of methoxy groups -OCH3 is 1. The molecule has 4 bridgehead atoms. The predicted molar refractivity (Wildman–Crippen MR) is 153 cm³/mol. The van der Waals surface area contributed by atoms with Crippen LogP contribution in [-0.2, 0) is 23.2 Å². The third-order valence-electron chi connectivity index (χ3n) is 12.3. The number of hydrogen-bond acceptors (Lipinski definition) is 7. The molecule has 2 spiro atoms. The minimum atomic E-state index is -0.104. The highest BCUT2D eigenvalue weighted by atomic mass is 16.5. The highest BCUT2D eigenvalue weighted by Crippen LogP contribution is 2.71. The van der Waals surface area contributed by atoms with Gasteiger partial charge in [-0.1, -0.05) is 6.07 Å². The lowest BCUT2D eigenvalue weighted by atomic mass is 9.42. The first-order valence-electron chi connectivity index (χ1n) is 16.0. The molecule has 1 aromatic heterocycles. The second-order valence-corrected chi connectivity index (χ2v) is 13.9. The van der Waals surface area contributed by atoms with Gasteiger partial charge in [0.2, 0.25) is 5.91 Å². The minimum Gasteiger partial charge on any atom is -0.493 e. The molecule has 2 aromatic rings. The number of likely N-dealkylation sites (tertiary alicyclic amines) is 2. The fraction of sp³-hybridized carbons (Fsp3) is 0.667. The highest BCUT2D eigenvalue weighted by molar-refractivity contribution is 5.83. The zero-order chi connectivity index (χ0) is 27.3. The van der Waals surface area contributed by atoms with Gasteiger partial charge >= 0.3 is 0 Å². The number of amides is 1. The second kappa shape index (κ2) is 8.90. The molecule has 6 fully saturated rings. The summed E-state index contributed by atoms with van der Waals surface area (Å²) in [6.45, 7) is 4.79. The average Bonchev–Trinajstić information content (AvgIpc) is 3.66. The van der Waals surface area contributed by atoms with E-state index in [2.05, 4.69) is 36.8 Å². The molecule has 1 aromatic carbocycles. The lowest BCUT2D eigenvalue weighted by Gasteiger charge is -2.66. The molecule has 41 heavy (non-hydrogen) atoms. The van der Waals surface area contributed by atoms with Crippen molar-refractivity contribution in [2.75, 3.05) is 33.3 Å². The van der Waals surface area contributed by atoms with E-state index in [1.54, 1.807) is 19.5 Å². The van der Waals surface area contributed by atoms with Gasteiger partial charge in [0, 0.05) is 47.9 Å². The molecule has 216 valence electrons. The summed E-state index contributed by atoms with van der Waals surface area (Å²) in [7, 11) is 1.77. The Kier molecular flexibility index (Phi) is 5.39. The first-order chi connectivity index (χ1) is 20.1. The Hall–Kier alpha value is -2.71. The molecule has 5 aliphatic heterocycles. The van der Waals surface area contributed by atoms with E-state index in [4.69, 9.17) is 9.47 Å². The standard InChI is InChI=1S/C33H41N5O3/c1-40-25-8-7-22-18-26-32-10-9-23(30-33(32,28(22)29(25)41-30)12-16-37(26)19-21-5-6-21)38(17-11-32)31(39)24-4-2-15-36(24)20-27-34-13-3-14-35-27/h3,7-8,13-14,21,23-24,26,30H,2,4-6,9-12,15-20H2,1H3/t23-,24-,26-,30+,32-,33+/m1/s1. The van der Waals surface area contributed by atoms with Crippen LogP contribution < -0.4 is 9.47 Å². The van der Waals surface area contributed by atoms with Gasteiger partial charge in [-0.15, -0.1) is 0 Å². The smallest absolute Gasteiger partial charge is 0.240 e. The molecule has 8 aliphatic rings. The molecule has 0 radical (unpaired) electrons. The van der Waals surface area contributed by atoms with Crippen molar-refractivity contribution in [1.82, 2.24) is 24.7 Å². The topological polar surface area (TPSA) is 71.0 Å². The molecule has 0 N–H and O–H groups in total. The Morgan fingerprint density at radius 2 is 1.93 bits per heavy atom. The largest absolute Gasteiger partial charge is 0.493 e. The van der Waals surface area contributed by atoms with Gasteiger partial charge < -0.3 is 14.4 Å². The summed E-state index contributed by atoms with van der Waals surface area (Å²) in [4.78, 5) is 31.0. The third-order valence-corrected chi connectivity index (χ3v) is 12.3. The number of piperidine rings is 1. The Balaban J connectivity index is 1.11. The van der Waals surface area contributed by atoms with Crippen molar-refractivity contribution in [2.24, 2.45) is 11.3 Å². The van der Waals surface area contributed by atoms with Crippen molar-refractivity contribution in [1.29, 1.82) is 0 Å². The van der Waals surface area contributed by atoms with Crippen LogP contribution in [-0.4, -0.2) is 88.1 Å². The zero-order valence-corrected chi connectivity index (χ0v) is 24.1. The van der Waals surface area contributed by atoms with E-state index in [-0.39, 0.29) is 29.0 Å². The Bertz CT molecular complexity index is 1380. The summed E-state index contributed by atoms with van der Waals surface area (Å²) < 4.78 is 13.0. The lowest BCUT2D eigenvalue weighted by molar-refractivity contribution is -0.147. The number of carbonyl (C=O) groups is 1. The molecule has 0 unspecified atom stereocenters. The molecule has 8 nitrogen and oxygen atoms in total. The lowest BCUT2D eigenvalue weighted by Crippen LogP contribution is -2.73. The van der Waals surface area contributed by atoms with Crippen molar-refractivity contribution in [3.05, 3.63) is 47.5 Å². The van der Waals surface area contributed by atoms with Crippen LogP contribution in [0.1, 0.15) is 68.3 Å². The van der Waals surface area contributed by atoms with Crippen LogP contribution >= 0.6 is 0 Å². The summed E-state index contributed by atoms with van der Waals surface area (Å²) in [6.07, 6.45) is 13.9. The monoisotopic (exact) mass is 555 g/mol. The molecular weight excluding hydrogens is 514 g/mol. The normalized spacial score (nSPS) is 37.0. The van der Waals surface area contributed by atoms with Crippen LogP contribution in [0, 0.1) is 11.3 Å². The molecule has 6 heterocycles. The molecular formula is C33H41N5O3. The van der Waals surface area contributed by atoms with Gasteiger partial charge in [-0.3, -0.25) is 14.6 Å². The summed E-state index contributed by atoms with van der Waals surface area (Å²) in [5.41, 5.74) is 3.04. The SMILES string of the molecule is COc1ccc2c3c1O[C@H]1[C@H]4CC[C@@]5(CCN4C(=O)[C@H]4CCCN4Cc4ncccn4)[C@@H](C2)N(CC2CC2)CC[C@]315. The number of benzene rings is 1. The summed E-state index contributed by atoms with van der Waals surface area (Å²) in [5.74, 6) is 3.82. The third kappa shape index (κ3) is 3.32. The maximum atomic E-state index is 14.6. The van der Waals surface area contributed by atoms with E-state index < -0.39 is 0 Å². The van der Waals surface area contributed by atoms with Crippen LogP contribution in [0.2, 0.25) is 0 Å². The molecule has 3 aliphatic carbocycles. The molecule has 1 amide bonds. The van der Waals surface area contributed by atoms with Crippen molar-refractivity contribution >= 4 is 5.91 Å². The minimum absolute atomic E-state index is 0.00550. The predicted octanol–water partition coefficient (Wildman–Crippen LogP) is 3.57. The van der Waals surface area contributed by atoms with Gasteiger partial charge in [-0.2, -0.15) is 0 Å². The maximum absolute atomic E-state index is 14.6.